The van der Waals surface area contributed by atoms with Gasteiger partial charge in [-0.25, -0.2) is 5.43 Å². The number of hydrogen-bond acceptors (Lipinski definition) is 6. The van der Waals surface area contributed by atoms with Gasteiger partial charge in [-0.3, -0.25) is 10.6 Å². The van der Waals surface area contributed by atoms with Gasteiger partial charge in [0.05, 0.1) is 12.1 Å². The van der Waals surface area contributed by atoms with Gasteiger partial charge >= 0.3 is 0 Å². The third kappa shape index (κ3) is 6.72. The van der Waals surface area contributed by atoms with Crippen LogP contribution >= 0.6 is 0 Å². The third-order valence-electron chi connectivity index (χ3n) is 1.76. The summed E-state index contributed by atoms with van der Waals surface area (Å²) in [5.74, 6) is 4.69. The van der Waals surface area contributed by atoms with Gasteiger partial charge in [0.1, 0.15) is 12.6 Å². The van der Waals surface area contributed by atoms with E-state index >= 15 is 0 Å². The van der Waals surface area contributed by atoms with Gasteiger partial charge < -0.3 is 20.6 Å². The minimum absolute atomic E-state index is 0.0314. The van der Waals surface area contributed by atoms with Gasteiger partial charge in [-0.2, -0.15) is 0 Å². The van der Waals surface area contributed by atoms with Crippen molar-refractivity contribution in [2.75, 3.05) is 6.54 Å². The van der Waals surface area contributed by atoms with Crippen LogP contribution in [0.1, 0.15) is 12.8 Å². The summed E-state index contributed by atoms with van der Waals surface area (Å²) < 4.78 is 0. The fourth-order valence-electron chi connectivity index (χ4n) is 0.865. The Hall–Kier alpha value is -1.31. The predicted molar refractivity (Wildman–Crippen MR) is 53.5 cm³/mol. The number of hydrogen-bond donors (Lipinski definition) is 4. The van der Waals surface area contributed by atoms with Crippen LogP contribution in [0.3, 0.4) is 0 Å². The molecule has 0 bridgehead atoms. The van der Waals surface area contributed by atoms with Crippen molar-refractivity contribution >= 4 is 18.5 Å². The van der Waals surface area contributed by atoms with Crippen molar-refractivity contribution in [3.8, 4) is 0 Å². The number of aldehydes is 2. The molecule has 15 heavy (non-hydrogen) atoms. The van der Waals surface area contributed by atoms with Crippen molar-refractivity contribution < 1.29 is 14.4 Å². The van der Waals surface area contributed by atoms with Crippen molar-refractivity contribution in [3.05, 3.63) is 0 Å². The van der Waals surface area contributed by atoms with Crippen LogP contribution in [0.2, 0.25) is 0 Å². The van der Waals surface area contributed by atoms with Crippen molar-refractivity contribution in [2.24, 2.45) is 11.6 Å². The first-order valence-electron chi connectivity index (χ1n) is 4.53. The molecule has 86 valence electrons. The van der Waals surface area contributed by atoms with Crippen LogP contribution in [-0.4, -0.2) is 37.1 Å². The number of amides is 1. The molecule has 0 aromatic heterocycles. The maximum absolute atomic E-state index is 11.1. The Kier molecular flexibility index (Phi) is 7.33. The molecule has 0 fully saturated rings. The van der Waals surface area contributed by atoms with E-state index in [4.69, 9.17) is 11.6 Å². The molecule has 0 aliphatic carbocycles. The van der Waals surface area contributed by atoms with Crippen molar-refractivity contribution in [3.63, 3.8) is 0 Å². The Bertz CT molecular complexity index is 222. The van der Waals surface area contributed by atoms with Gasteiger partial charge in [0.15, 0.2) is 0 Å². The average molecular weight is 216 g/mol. The van der Waals surface area contributed by atoms with E-state index in [1.807, 2.05) is 0 Å². The van der Waals surface area contributed by atoms with Crippen molar-refractivity contribution in [1.82, 2.24) is 10.7 Å². The number of nitrogens with one attached hydrogen (secondary N) is 2. The van der Waals surface area contributed by atoms with E-state index < -0.39 is 12.1 Å². The van der Waals surface area contributed by atoms with Crippen LogP contribution in [0.5, 0.6) is 0 Å². The number of hydrazine groups is 1. The minimum atomic E-state index is -0.690. The summed E-state index contributed by atoms with van der Waals surface area (Å²) in [7, 11) is 0. The van der Waals surface area contributed by atoms with Gasteiger partial charge in [-0.05, 0) is 6.42 Å². The Morgan fingerprint density at radius 1 is 1.33 bits per heavy atom. The minimum Gasteiger partial charge on any atom is -0.356 e. The summed E-state index contributed by atoms with van der Waals surface area (Å²) in [6, 6.07) is -1.26. The summed E-state index contributed by atoms with van der Waals surface area (Å²) in [5, 5.41) is 2.51. The Morgan fingerprint density at radius 2 is 2.00 bits per heavy atom. The second-order valence-corrected chi connectivity index (χ2v) is 3.05. The Labute approximate surface area is 87.5 Å². The summed E-state index contributed by atoms with van der Waals surface area (Å²) in [5.41, 5.74) is 7.49. The molecule has 0 rings (SSSR count). The van der Waals surface area contributed by atoms with Gasteiger partial charge in [-0.1, -0.05) is 0 Å². The quantitative estimate of drug-likeness (QED) is 0.201. The number of nitrogens with two attached hydrogens (primary N) is 2. The average Bonchev–Trinajstić information content (AvgIpc) is 2.25. The zero-order valence-corrected chi connectivity index (χ0v) is 8.31. The normalized spacial score (nSPS) is 14.0. The lowest BCUT2D eigenvalue weighted by atomic mass is 10.2. The summed E-state index contributed by atoms with van der Waals surface area (Å²) in [6.07, 6.45) is 1.51. The molecule has 0 aromatic rings. The highest BCUT2D eigenvalue weighted by Crippen LogP contribution is 1.87. The monoisotopic (exact) mass is 216 g/mol. The fraction of sp³-hybridized carbons (Fsp3) is 0.625. The topological polar surface area (TPSA) is 127 Å². The van der Waals surface area contributed by atoms with Gasteiger partial charge in [-0.15, -0.1) is 0 Å². The first kappa shape index (κ1) is 13.7. The molecule has 0 heterocycles. The lowest BCUT2D eigenvalue weighted by Gasteiger charge is -2.09. The summed E-state index contributed by atoms with van der Waals surface area (Å²) in [6.45, 7) is 0.300. The standard InChI is InChI=1S/C8H16N4O3/c9-6(4-13)1-2-11-8(15)3-7(5-14)12-10/h4-7,12H,1-3,9-10H2,(H,11,15). The predicted octanol–water partition coefficient (Wildman–Crippen LogP) is -2.56. The SMILES string of the molecule is NNC(C=O)CC(=O)NCCC(N)C=O. The van der Waals surface area contributed by atoms with E-state index in [0.29, 0.717) is 25.5 Å². The Balaban J connectivity index is 3.65. The van der Waals surface area contributed by atoms with E-state index in [2.05, 4.69) is 10.7 Å². The zero-order valence-electron chi connectivity index (χ0n) is 8.31. The second-order valence-electron chi connectivity index (χ2n) is 3.05. The van der Waals surface area contributed by atoms with Crippen LogP contribution in [0.4, 0.5) is 0 Å². The highest BCUT2D eigenvalue weighted by molar-refractivity contribution is 5.80. The molecular weight excluding hydrogens is 200 g/mol. The molecule has 0 saturated heterocycles. The van der Waals surface area contributed by atoms with E-state index in [0.717, 1.165) is 0 Å². The summed E-state index contributed by atoms with van der Waals surface area (Å²) >= 11 is 0. The molecule has 0 saturated carbocycles. The zero-order chi connectivity index (χ0) is 11.7. The molecule has 0 aromatic carbocycles. The maximum atomic E-state index is 11.1. The smallest absolute Gasteiger partial charge is 0.222 e. The first-order chi connectivity index (χ1) is 7.13. The molecule has 0 radical (unpaired) electrons. The van der Waals surface area contributed by atoms with Crippen LogP contribution in [0.15, 0.2) is 0 Å². The Morgan fingerprint density at radius 3 is 2.47 bits per heavy atom. The number of rotatable bonds is 8. The molecule has 0 aliphatic rings. The van der Waals surface area contributed by atoms with Gasteiger partial charge in [0.2, 0.25) is 5.91 Å². The molecule has 0 spiro atoms. The number of carbonyl (C=O) groups excluding carboxylic acids is 3. The van der Waals surface area contributed by atoms with Crippen LogP contribution < -0.4 is 22.3 Å². The molecule has 2 unspecified atom stereocenters. The van der Waals surface area contributed by atoms with Gasteiger partial charge in [0.25, 0.3) is 0 Å². The van der Waals surface area contributed by atoms with Crippen LogP contribution in [0.25, 0.3) is 0 Å². The fourth-order valence-corrected chi connectivity index (χ4v) is 0.865. The van der Waals surface area contributed by atoms with Crippen molar-refractivity contribution in [1.29, 1.82) is 0 Å². The van der Waals surface area contributed by atoms with E-state index in [1.165, 1.54) is 0 Å². The maximum Gasteiger partial charge on any atom is 0.222 e. The second kappa shape index (κ2) is 8.04. The van der Waals surface area contributed by atoms with Crippen molar-refractivity contribution in [2.45, 2.75) is 24.9 Å². The largest absolute Gasteiger partial charge is 0.356 e. The lowest BCUT2D eigenvalue weighted by Crippen LogP contribution is -2.41. The molecule has 7 heteroatoms. The van der Waals surface area contributed by atoms with E-state index in [1.54, 1.807) is 0 Å². The van der Waals surface area contributed by atoms with Crippen LogP contribution in [-0.2, 0) is 14.4 Å². The molecule has 1 amide bonds. The molecular formula is C8H16N4O3. The molecule has 0 aliphatic heterocycles. The third-order valence-corrected chi connectivity index (χ3v) is 1.76. The van der Waals surface area contributed by atoms with Gasteiger partial charge in [0, 0.05) is 13.0 Å². The summed E-state index contributed by atoms with van der Waals surface area (Å²) in [4.78, 5) is 31.6. The first-order valence-corrected chi connectivity index (χ1v) is 4.53. The molecule has 2 atom stereocenters. The molecule has 7 nitrogen and oxygen atoms in total. The lowest BCUT2D eigenvalue weighted by molar-refractivity contribution is -0.123. The van der Waals surface area contributed by atoms with Crippen LogP contribution in [0, 0.1) is 0 Å². The number of carbonyl (C=O) groups is 3. The van der Waals surface area contributed by atoms with E-state index in [9.17, 15) is 14.4 Å². The highest BCUT2D eigenvalue weighted by atomic mass is 16.2. The highest BCUT2D eigenvalue weighted by Gasteiger charge is 2.10. The molecule has 6 N–H and O–H groups in total. The van der Waals surface area contributed by atoms with E-state index in [-0.39, 0.29) is 12.3 Å².